The third-order valence-corrected chi connectivity index (χ3v) is 4.83. The number of ether oxygens (including phenoxy) is 2. The van der Waals surface area contributed by atoms with E-state index in [2.05, 4.69) is 9.98 Å². The van der Waals surface area contributed by atoms with Crippen LogP contribution >= 0.6 is 23.2 Å². The summed E-state index contributed by atoms with van der Waals surface area (Å²) in [6.45, 7) is 0. The van der Waals surface area contributed by atoms with Gasteiger partial charge in [-0.05, 0) is 24.3 Å². The molecule has 2 aliphatic heterocycles. The van der Waals surface area contributed by atoms with Gasteiger partial charge in [0.1, 0.15) is 21.4 Å². The summed E-state index contributed by atoms with van der Waals surface area (Å²) in [5.41, 5.74) is 2.54. The first-order valence-corrected chi connectivity index (χ1v) is 8.23. The Morgan fingerprint density at radius 1 is 0.760 bits per heavy atom. The third kappa shape index (κ3) is 2.36. The largest absolute Gasteiger partial charge is 0.476 e. The maximum absolute atomic E-state index is 6.55. The first-order valence-electron chi connectivity index (χ1n) is 7.47. The van der Waals surface area contributed by atoms with Crippen LogP contribution in [0.1, 0.15) is 8.85 Å². The van der Waals surface area contributed by atoms with Crippen molar-refractivity contribution in [2.24, 2.45) is 9.98 Å². The van der Waals surface area contributed by atoms with E-state index in [-0.39, 0.29) is 21.1 Å². The number of rotatable bonds is 0. The molecule has 0 N–H and O–H groups in total. The molecule has 0 saturated heterocycles. The molecule has 2 aliphatic carbocycles. The van der Waals surface area contributed by atoms with Crippen molar-refractivity contribution in [3.05, 3.63) is 58.7 Å². The van der Waals surface area contributed by atoms with Gasteiger partial charge in [-0.2, -0.15) is 0 Å². The zero-order valence-electron chi connectivity index (χ0n) is 12.2. The molecule has 2 heterocycles. The third-order valence-electron chi connectivity index (χ3n) is 4.13. The lowest BCUT2D eigenvalue weighted by Crippen LogP contribution is -2.29. The van der Waals surface area contributed by atoms with Gasteiger partial charge in [-0.3, -0.25) is 0 Å². The number of nitrogens with zero attached hydrogens (tertiary/aromatic N) is 2. The Balaban J connectivity index is 0.000000980. The van der Waals surface area contributed by atoms with Gasteiger partial charge in [-0.15, -0.1) is 0 Å². The Kier molecular flexibility index (Phi) is 3.82. The molecule has 128 valence electrons. The van der Waals surface area contributed by atoms with Crippen molar-refractivity contribution in [3.63, 3.8) is 0 Å². The first kappa shape index (κ1) is 16.2. The van der Waals surface area contributed by atoms with Gasteiger partial charge in [-0.25, -0.2) is 9.98 Å². The molecule has 1 aromatic carbocycles. The number of fused-ring (bicyclic) bond motifs is 4. The summed E-state index contributed by atoms with van der Waals surface area (Å²) < 4.78 is 12.0. The van der Waals surface area contributed by atoms with Gasteiger partial charge in [0.2, 0.25) is 0 Å². The summed E-state index contributed by atoms with van der Waals surface area (Å²) in [6.07, 6.45) is 14.7. The van der Waals surface area contributed by atoms with Crippen LogP contribution in [0.5, 0.6) is 11.5 Å². The average molecular weight is 376 g/mol. The van der Waals surface area contributed by atoms with Gasteiger partial charge in [0.25, 0.3) is 0 Å². The molecular weight excluding hydrogens is 359 g/mol. The van der Waals surface area contributed by atoms with E-state index in [1.807, 2.05) is 48.6 Å². The molecule has 4 aliphatic rings. The van der Waals surface area contributed by atoms with Crippen molar-refractivity contribution in [1.82, 2.24) is 0 Å². The van der Waals surface area contributed by atoms with Crippen molar-refractivity contribution in [1.29, 1.82) is 0 Å². The van der Waals surface area contributed by atoms with Crippen LogP contribution in [0.15, 0.2) is 58.6 Å². The highest BCUT2D eigenvalue weighted by Gasteiger charge is 2.34. The molecule has 0 amide bonds. The maximum Gasteiger partial charge on any atom is 0.169 e. The van der Waals surface area contributed by atoms with Crippen LogP contribution in [0, 0.1) is 0 Å². The minimum atomic E-state index is -0.267. The first-order chi connectivity index (χ1) is 11.7. The number of aliphatic imine (C=N–C) groups is 2. The van der Waals surface area contributed by atoms with Gasteiger partial charge < -0.3 is 9.47 Å². The second kappa shape index (κ2) is 5.90. The molecule has 25 heavy (non-hydrogen) atoms. The number of hydrogen-bond acceptors (Lipinski definition) is 4. The second-order valence-corrected chi connectivity index (χ2v) is 6.38. The highest BCUT2D eigenvalue weighted by Crippen LogP contribution is 2.56. The van der Waals surface area contributed by atoms with Crippen molar-refractivity contribution < 1.29 is 10.9 Å². The molecule has 0 bridgehead atoms. The Morgan fingerprint density at radius 2 is 1.20 bits per heavy atom. The van der Waals surface area contributed by atoms with Crippen LogP contribution in [-0.2, 0) is 0 Å². The lowest BCUT2D eigenvalue weighted by molar-refractivity contribution is 0.300. The topological polar surface area (TPSA) is 43.2 Å². The quantitative estimate of drug-likeness (QED) is 0.575. The van der Waals surface area contributed by atoms with Crippen molar-refractivity contribution in [3.8, 4) is 11.5 Å². The molecule has 4 nitrogen and oxygen atoms in total. The van der Waals surface area contributed by atoms with Gasteiger partial charge in [-0.1, -0.05) is 54.9 Å². The van der Waals surface area contributed by atoms with E-state index in [4.69, 9.17) is 32.7 Å². The minimum absolute atomic E-state index is 0. The van der Waals surface area contributed by atoms with Crippen LogP contribution in [0.3, 0.4) is 0 Å². The molecule has 0 radical (unpaired) electrons. The average Bonchev–Trinajstić information content (AvgIpc) is 2.64. The molecule has 6 heteroatoms. The summed E-state index contributed by atoms with van der Waals surface area (Å²) in [5, 5.41) is 0.730. The maximum atomic E-state index is 6.55. The zero-order valence-corrected chi connectivity index (χ0v) is 13.8. The molecule has 0 aromatic heterocycles. The van der Waals surface area contributed by atoms with Crippen LogP contribution in [0.2, 0.25) is 10.0 Å². The molecule has 2 unspecified atom stereocenters. The molecule has 1 aromatic rings. The van der Waals surface area contributed by atoms with Gasteiger partial charge in [0.05, 0.1) is 11.4 Å². The Morgan fingerprint density at radius 3 is 1.64 bits per heavy atom. The zero-order chi connectivity index (χ0) is 16.3. The van der Waals surface area contributed by atoms with Gasteiger partial charge in [0.15, 0.2) is 23.7 Å². The standard InChI is InChI=1S/C18H10Cl2N2O2.CH4.H2/c19-13-15-17(23-11-7-3-1-5-9(11)21-15)14(20)16-18(13)24-12-8-4-2-6-10(12)22-16;;/h1-8,11-12H;1H4;1H/i;;1+1. The van der Waals surface area contributed by atoms with Crippen molar-refractivity contribution in [2.45, 2.75) is 19.6 Å². The predicted molar refractivity (Wildman–Crippen MR) is 105 cm³/mol. The Hall–Kier alpha value is -2.30. The van der Waals surface area contributed by atoms with Crippen LogP contribution < -0.4 is 9.47 Å². The molecule has 0 fully saturated rings. The van der Waals surface area contributed by atoms with Crippen LogP contribution in [0.4, 0.5) is 11.4 Å². The fraction of sp³-hybridized carbons (Fsp3) is 0.158. The highest BCUT2D eigenvalue weighted by molar-refractivity contribution is 6.41. The summed E-state index contributed by atoms with van der Waals surface area (Å²) in [5.74, 6) is 0.881. The summed E-state index contributed by atoms with van der Waals surface area (Å²) >= 11 is 13.1. The van der Waals surface area contributed by atoms with Gasteiger partial charge in [0, 0.05) is 1.43 Å². The van der Waals surface area contributed by atoms with E-state index in [0.717, 1.165) is 11.4 Å². The van der Waals surface area contributed by atoms with E-state index in [1.54, 1.807) is 0 Å². The summed E-state index contributed by atoms with van der Waals surface area (Å²) in [6, 6.07) is 0. The number of halogens is 2. The van der Waals surface area contributed by atoms with Gasteiger partial charge >= 0.3 is 0 Å². The lowest BCUT2D eigenvalue weighted by Gasteiger charge is -2.30. The predicted octanol–water partition coefficient (Wildman–Crippen LogP) is 5.79. The normalized spacial score (nSPS) is 23.8. The van der Waals surface area contributed by atoms with Crippen LogP contribution in [-0.4, -0.2) is 23.6 Å². The van der Waals surface area contributed by atoms with E-state index >= 15 is 0 Å². The van der Waals surface area contributed by atoms with Crippen molar-refractivity contribution in [2.75, 3.05) is 0 Å². The highest BCUT2D eigenvalue weighted by atomic mass is 35.5. The molecule has 2 atom stereocenters. The minimum Gasteiger partial charge on any atom is -0.476 e. The van der Waals surface area contributed by atoms with E-state index < -0.39 is 0 Å². The number of hydrogen-bond donors (Lipinski definition) is 0. The van der Waals surface area contributed by atoms with Crippen molar-refractivity contribution >= 4 is 46.0 Å². The van der Waals surface area contributed by atoms with E-state index in [9.17, 15) is 0 Å². The summed E-state index contributed by atoms with van der Waals surface area (Å²) in [7, 11) is 0. The molecule has 5 rings (SSSR count). The fourth-order valence-electron chi connectivity index (χ4n) is 2.98. The number of benzene rings is 1. The Labute approximate surface area is 157 Å². The SMILES string of the molecule is C.Clc1c2c(c(Cl)c3c1OC1C=CC=CC1=N3)OC1C=CC=CC1=N2.[2HH]. The molecule has 0 spiro atoms. The fourth-order valence-corrected chi connectivity index (χ4v) is 3.50. The monoisotopic (exact) mass is 375 g/mol. The number of allylic oxidation sites excluding steroid dienone is 4. The van der Waals surface area contributed by atoms with E-state index in [1.165, 1.54) is 0 Å². The van der Waals surface area contributed by atoms with E-state index in [0.29, 0.717) is 32.9 Å². The lowest BCUT2D eigenvalue weighted by atomic mass is 10.0. The molecule has 0 saturated carbocycles. The second-order valence-electron chi connectivity index (χ2n) is 5.62. The summed E-state index contributed by atoms with van der Waals surface area (Å²) in [4.78, 5) is 9.23. The molecular formula is C19H16Cl2N2O2. The Bertz CT molecular complexity index is 883. The smallest absolute Gasteiger partial charge is 0.169 e. The van der Waals surface area contributed by atoms with Crippen LogP contribution in [0.25, 0.3) is 0 Å².